The van der Waals surface area contributed by atoms with Gasteiger partial charge in [0.2, 0.25) is 0 Å². The van der Waals surface area contributed by atoms with Gasteiger partial charge in [0.15, 0.2) is 11.9 Å². The Kier molecular flexibility index (Phi) is 4.65. The Hall–Kier alpha value is -1.40. The van der Waals surface area contributed by atoms with Crippen LogP contribution in [0.3, 0.4) is 0 Å². The van der Waals surface area contributed by atoms with E-state index in [2.05, 4.69) is 15.9 Å². The van der Waals surface area contributed by atoms with E-state index >= 15 is 0 Å². The molecule has 0 aliphatic carbocycles. The van der Waals surface area contributed by atoms with E-state index in [1.54, 1.807) is 0 Å². The van der Waals surface area contributed by atoms with Crippen molar-refractivity contribution in [1.29, 1.82) is 0 Å². The maximum atomic E-state index is 11.6. The van der Waals surface area contributed by atoms with Gasteiger partial charge in [-0.05, 0) is 17.7 Å². The number of aromatic hydroxyl groups is 1. The van der Waals surface area contributed by atoms with E-state index in [9.17, 15) is 19.8 Å². The minimum Gasteiger partial charge on any atom is -0.507 e. The second kappa shape index (κ2) is 5.79. The Bertz CT molecular complexity index is 443. The van der Waals surface area contributed by atoms with Crippen LogP contribution in [0.5, 0.6) is 5.75 Å². The first-order valence-electron chi connectivity index (χ1n) is 4.80. The summed E-state index contributed by atoms with van der Waals surface area (Å²) in [5, 5.41) is 27.9. The molecule has 0 saturated carbocycles. The number of hydrogen-bond acceptors (Lipinski definition) is 4. The van der Waals surface area contributed by atoms with Crippen molar-refractivity contribution in [3.63, 3.8) is 0 Å². The summed E-state index contributed by atoms with van der Waals surface area (Å²) in [5.41, 5.74) is 0.0791. The molecule has 0 bridgehead atoms. The predicted octanol–water partition coefficient (Wildman–Crippen LogP) is 1.48. The minimum absolute atomic E-state index is 0.0160. The summed E-state index contributed by atoms with van der Waals surface area (Å²) in [6.07, 6.45) is -1.52. The van der Waals surface area contributed by atoms with Crippen molar-refractivity contribution >= 4 is 27.7 Å². The third-order valence-electron chi connectivity index (χ3n) is 2.19. The number of halogens is 1. The molecule has 1 aromatic carbocycles. The molecule has 17 heavy (non-hydrogen) atoms. The van der Waals surface area contributed by atoms with Gasteiger partial charge in [-0.15, -0.1) is 0 Å². The van der Waals surface area contributed by atoms with Crippen LogP contribution in [-0.2, 0) is 4.79 Å². The zero-order valence-corrected chi connectivity index (χ0v) is 10.3. The molecule has 0 amide bonds. The summed E-state index contributed by atoms with van der Waals surface area (Å²) in [6.45, 7) is 0. The summed E-state index contributed by atoms with van der Waals surface area (Å²) in [7, 11) is 0. The first kappa shape index (κ1) is 13.7. The fourth-order valence-corrected chi connectivity index (χ4v) is 1.67. The molecule has 5 nitrogen and oxygen atoms in total. The van der Waals surface area contributed by atoms with Crippen LogP contribution in [0.1, 0.15) is 28.4 Å². The monoisotopic (exact) mass is 302 g/mol. The lowest BCUT2D eigenvalue weighted by molar-refractivity contribution is -0.146. The van der Waals surface area contributed by atoms with E-state index in [4.69, 9.17) is 5.11 Å². The number of aliphatic hydroxyl groups excluding tert-OH is 1. The van der Waals surface area contributed by atoms with E-state index < -0.39 is 12.1 Å². The quantitative estimate of drug-likeness (QED) is 0.566. The van der Waals surface area contributed by atoms with E-state index in [-0.39, 0.29) is 29.1 Å². The number of carboxylic acid groups (broad SMARTS) is 1. The van der Waals surface area contributed by atoms with Crippen molar-refractivity contribution in [2.75, 3.05) is 5.33 Å². The number of carboxylic acids is 1. The average molecular weight is 303 g/mol. The number of benzene rings is 1. The number of aliphatic hydroxyl groups is 1. The number of phenols is 1. The van der Waals surface area contributed by atoms with Gasteiger partial charge in [-0.2, -0.15) is 0 Å². The van der Waals surface area contributed by atoms with Gasteiger partial charge in [0.25, 0.3) is 0 Å². The molecule has 0 aliphatic rings. The average Bonchev–Trinajstić information content (AvgIpc) is 2.28. The number of carbonyl (C=O) groups excluding carboxylic acids is 1. The van der Waals surface area contributed by atoms with Gasteiger partial charge in [0.1, 0.15) is 5.75 Å². The van der Waals surface area contributed by atoms with Gasteiger partial charge in [-0.25, -0.2) is 4.79 Å². The van der Waals surface area contributed by atoms with Crippen LogP contribution < -0.4 is 0 Å². The van der Waals surface area contributed by atoms with Gasteiger partial charge in [-0.1, -0.05) is 22.0 Å². The second-order valence-electron chi connectivity index (χ2n) is 3.38. The van der Waals surface area contributed by atoms with Crippen molar-refractivity contribution in [1.82, 2.24) is 0 Å². The Morgan fingerprint density at radius 2 is 2.00 bits per heavy atom. The molecule has 3 N–H and O–H groups in total. The van der Waals surface area contributed by atoms with Gasteiger partial charge < -0.3 is 15.3 Å². The molecule has 1 atom stereocenters. The summed E-state index contributed by atoms with van der Waals surface area (Å²) < 4.78 is 0. The van der Waals surface area contributed by atoms with Crippen LogP contribution in [-0.4, -0.2) is 32.4 Å². The summed E-state index contributed by atoms with van der Waals surface area (Å²) in [4.78, 5) is 22.2. The van der Waals surface area contributed by atoms with E-state index in [0.717, 1.165) is 0 Å². The Labute approximate surface area is 106 Å². The maximum Gasteiger partial charge on any atom is 0.337 e. The van der Waals surface area contributed by atoms with Crippen LogP contribution in [0.15, 0.2) is 18.2 Å². The maximum absolute atomic E-state index is 11.6. The molecule has 0 radical (unpaired) electrons. The standard InChI is InChI=1S/C11H11BrO5/c12-4-3-9(14)7-5-6(1-2-8(7)13)10(15)11(16)17/h1-2,5,10,13,15H,3-4H2,(H,16,17). The number of phenolic OH excluding ortho intramolecular Hbond substituents is 1. The molecule has 92 valence electrons. The van der Waals surface area contributed by atoms with Crippen LogP contribution in [0.25, 0.3) is 0 Å². The topological polar surface area (TPSA) is 94.8 Å². The summed E-state index contributed by atoms with van der Waals surface area (Å²) in [6, 6.07) is 3.65. The molecule has 0 aliphatic heterocycles. The minimum atomic E-state index is -1.70. The number of rotatable bonds is 5. The van der Waals surface area contributed by atoms with Crippen LogP contribution in [0.2, 0.25) is 0 Å². The Morgan fingerprint density at radius 3 is 2.53 bits per heavy atom. The fraction of sp³-hybridized carbons (Fsp3) is 0.273. The summed E-state index contributed by atoms with van der Waals surface area (Å²) >= 11 is 3.10. The second-order valence-corrected chi connectivity index (χ2v) is 4.17. The Balaban J connectivity index is 3.10. The van der Waals surface area contributed by atoms with E-state index in [1.807, 2.05) is 0 Å². The third kappa shape index (κ3) is 3.28. The van der Waals surface area contributed by atoms with Gasteiger partial charge >= 0.3 is 5.97 Å². The normalized spacial score (nSPS) is 12.1. The Morgan fingerprint density at radius 1 is 1.35 bits per heavy atom. The lowest BCUT2D eigenvalue weighted by Crippen LogP contribution is -2.11. The van der Waals surface area contributed by atoms with Crippen LogP contribution >= 0.6 is 15.9 Å². The van der Waals surface area contributed by atoms with Gasteiger partial charge in [0.05, 0.1) is 5.56 Å². The number of ketones is 1. The van der Waals surface area contributed by atoms with Crippen LogP contribution in [0, 0.1) is 0 Å². The molecular weight excluding hydrogens is 292 g/mol. The van der Waals surface area contributed by atoms with Crippen LogP contribution in [0.4, 0.5) is 0 Å². The molecule has 1 rings (SSSR count). The first-order valence-corrected chi connectivity index (χ1v) is 5.92. The number of carbonyl (C=O) groups is 2. The summed E-state index contributed by atoms with van der Waals surface area (Å²) in [5.74, 6) is -1.95. The molecule has 0 aromatic heterocycles. The fourth-order valence-electron chi connectivity index (χ4n) is 1.31. The number of Topliss-reactive ketones (excluding diaryl/α,β-unsaturated/α-hetero) is 1. The van der Waals surface area contributed by atoms with Gasteiger partial charge in [0, 0.05) is 11.8 Å². The third-order valence-corrected chi connectivity index (χ3v) is 2.59. The van der Waals surface area contributed by atoms with E-state index in [1.165, 1.54) is 18.2 Å². The lowest BCUT2D eigenvalue weighted by atomic mass is 10.0. The molecular formula is C11H11BrO5. The molecule has 0 spiro atoms. The van der Waals surface area contributed by atoms with Crippen molar-refractivity contribution in [2.24, 2.45) is 0 Å². The highest BCUT2D eigenvalue weighted by atomic mass is 79.9. The highest BCUT2D eigenvalue weighted by Crippen LogP contribution is 2.24. The van der Waals surface area contributed by atoms with Crippen molar-refractivity contribution < 1.29 is 24.9 Å². The zero-order valence-electron chi connectivity index (χ0n) is 8.76. The van der Waals surface area contributed by atoms with Crippen molar-refractivity contribution in [2.45, 2.75) is 12.5 Å². The molecule has 0 saturated heterocycles. The van der Waals surface area contributed by atoms with Gasteiger partial charge in [-0.3, -0.25) is 4.79 Å². The molecule has 1 unspecified atom stereocenters. The first-order chi connectivity index (χ1) is 7.97. The largest absolute Gasteiger partial charge is 0.507 e. The molecule has 1 aromatic rings. The number of hydrogen-bond donors (Lipinski definition) is 3. The highest BCUT2D eigenvalue weighted by molar-refractivity contribution is 9.09. The smallest absolute Gasteiger partial charge is 0.337 e. The van der Waals surface area contributed by atoms with E-state index in [0.29, 0.717) is 5.33 Å². The SMILES string of the molecule is O=C(CCBr)c1cc(C(O)C(=O)O)ccc1O. The van der Waals surface area contributed by atoms with Crippen molar-refractivity contribution in [3.8, 4) is 5.75 Å². The molecule has 0 heterocycles. The zero-order chi connectivity index (χ0) is 13.0. The molecule has 6 heteroatoms. The number of alkyl halides is 1. The number of aliphatic carboxylic acids is 1. The molecule has 0 fully saturated rings. The lowest BCUT2D eigenvalue weighted by Gasteiger charge is -2.09. The van der Waals surface area contributed by atoms with Crippen molar-refractivity contribution in [3.05, 3.63) is 29.3 Å². The predicted molar refractivity (Wildman–Crippen MR) is 63.4 cm³/mol. The highest BCUT2D eigenvalue weighted by Gasteiger charge is 2.19.